The third kappa shape index (κ3) is 3.59. The normalized spacial score (nSPS) is 15.8. The second-order valence-electron chi connectivity index (χ2n) is 4.55. The largest absolute Gasteiger partial charge is 0.466 e. The minimum absolute atomic E-state index is 0.277. The molecule has 0 unspecified atom stereocenters. The molecule has 19 heavy (non-hydrogen) atoms. The smallest absolute Gasteiger partial charge is 0.333 e. The Labute approximate surface area is 117 Å². The summed E-state index contributed by atoms with van der Waals surface area (Å²) in [5.41, 5.74) is 0.630. The molecule has 0 N–H and O–H groups in total. The molecule has 1 aromatic heterocycles. The lowest BCUT2D eigenvalue weighted by molar-refractivity contribution is -0.136. The number of hydrogen-bond donors (Lipinski definition) is 0. The maximum absolute atomic E-state index is 11.2. The van der Waals surface area contributed by atoms with Gasteiger partial charge in [-0.25, -0.2) is 4.79 Å². The molecule has 2 heterocycles. The van der Waals surface area contributed by atoms with Gasteiger partial charge in [0.25, 0.3) is 0 Å². The van der Waals surface area contributed by atoms with Crippen LogP contribution in [0.3, 0.4) is 0 Å². The van der Waals surface area contributed by atoms with Crippen molar-refractivity contribution in [2.24, 2.45) is 0 Å². The Morgan fingerprint density at radius 1 is 1.42 bits per heavy atom. The quantitative estimate of drug-likeness (QED) is 0.481. The van der Waals surface area contributed by atoms with E-state index in [9.17, 15) is 4.79 Å². The van der Waals surface area contributed by atoms with E-state index in [2.05, 4.69) is 19.5 Å². The molecule has 0 aliphatic carbocycles. The summed E-state index contributed by atoms with van der Waals surface area (Å²) < 4.78 is 6.86. The number of carbonyl (C=O) groups excluding carboxylic acids is 1. The fourth-order valence-electron chi connectivity index (χ4n) is 2.05. The highest BCUT2D eigenvalue weighted by Crippen LogP contribution is 2.22. The number of rotatable bonds is 4. The minimum atomic E-state index is -0.277. The SMILES string of the molecule is COC(=O)C(C)=CCSc1nnc2n1CCCCC2. The molecule has 0 saturated carbocycles. The molecule has 0 radical (unpaired) electrons. The van der Waals surface area contributed by atoms with Crippen molar-refractivity contribution >= 4 is 17.7 Å². The van der Waals surface area contributed by atoms with Crippen LogP contribution in [0.1, 0.15) is 32.0 Å². The average Bonchev–Trinajstić information content (AvgIpc) is 2.66. The third-order valence-electron chi connectivity index (χ3n) is 3.18. The first-order valence-corrected chi connectivity index (χ1v) is 7.51. The summed E-state index contributed by atoms with van der Waals surface area (Å²) in [5, 5.41) is 9.43. The lowest BCUT2D eigenvalue weighted by Gasteiger charge is -2.05. The Hall–Kier alpha value is -1.30. The number of ether oxygens (including phenoxy) is 1. The van der Waals surface area contributed by atoms with Gasteiger partial charge in [0.1, 0.15) is 5.82 Å². The summed E-state index contributed by atoms with van der Waals surface area (Å²) in [6, 6.07) is 0. The molecule has 104 valence electrons. The monoisotopic (exact) mass is 281 g/mol. The maximum atomic E-state index is 11.2. The number of esters is 1. The summed E-state index contributed by atoms with van der Waals surface area (Å²) >= 11 is 1.61. The lowest BCUT2D eigenvalue weighted by Crippen LogP contribution is -2.03. The van der Waals surface area contributed by atoms with Gasteiger partial charge in [0.05, 0.1) is 7.11 Å². The molecule has 0 atom stereocenters. The molecule has 0 saturated heterocycles. The number of thioether (sulfide) groups is 1. The third-order valence-corrected chi connectivity index (χ3v) is 4.08. The molecule has 0 spiro atoms. The van der Waals surface area contributed by atoms with E-state index >= 15 is 0 Å². The van der Waals surface area contributed by atoms with Gasteiger partial charge in [-0.05, 0) is 19.8 Å². The highest BCUT2D eigenvalue weighted by molar-refractivity contribution is 7.99. The zero-order chi connectivity index (χ0) is 13.7. The Morgan fingerprint density at radius 3 is 3.05 bits per heavy atom. The number of carbonyl (C=O) groups is 1. The van der Waals surface area contributed by atoms with Gasteiger partial charge in [0, 0.05) is 24.3 Å². The summed E-state index contributed by atoms with van der Waals surface area (Å²) in [4.78, 5) is 11.2. The molecule has 6 heteroatoms. The minimum Gasteiger partial charge on any atom is -0.466 e. The van der Waals surface area contributed by atoms with Gasteiger partial charge in [-0.3, -0.25) is 0 Å². The van der Waals surface area contributed by atoms with E-state index in [1.807, 2.05) is 6.08 Å². The van der Waals surface area contributed by atoms with Crippen molar-refractivity contribution in [3.8, 4) is 0 Å². The summed E-state index contributed by atoms with van der Waals surface area (Å²) in [7, 11) is 1.39. The Bertz CT molecular complexity index is 482. The highest BCUT2D eigenvalue weighted by Gasteiger charge is 2.14. The van der Waals surface area contributed by atoms with Crippen LogP contribution < -0.4 is 0 Å². The number of methoxy groups -OCH3 is 1. The lowest BCUT2D eigenvalue weighted by atomic mass is 10.2. The highest BCUT2D eigenvalue weighted by atomic mass is 32.2. The van der Waals surface area contributed by atoms with Gasteiger partial charge in [-0.1, -0.05) is 24.3 Å². The fourth-order valence-corrected chi connectivity index (χ4v) is 2.98. The number of hydrogen-bond acceptors (Lipinski definition) is 5. The second kappa shape index (κ2) is 6.75. The molecule has 0 bridgehead atoms. The standard InChI is InChI=1S/C13H19N3O2S/c1-10(12(17)18-2)7-9-19-13-15-14-11-6-4-3-5-8-16(11)13/h7H,3-6,8-9H2,1-2H3. The zero-order valence-electron chi connectivity index (χ0n) is 11.4. The summed E-state index contributed by atoms with van der Waals surface area (Å²) in [6.45, 7) is 2.76. The van der Waals surface area contributed by atoms with Gasteiger partial charge >= 0.3 is 5.97 Å². The Morgan fingerprint density at radius 2 is 2.26 bits per heavy atom. The van der Waals surface area contributed by atoms with E-state index in [-0.39, 0.29) is 5.97 Å². The van der Waals surface area contributed by atoms with Gasteiger partial charge in [0.2, 0.25) is 0 Å². The van der Waals surface area contributed by atoms with Gasteiger partial charge in [0.15, 0.2) is 5.16 Å². The maximum Gasteiger partial charge on any atom is 0.333 e. The van der Waals surface area contributed by atoms with Crippen LogP contribution in [0, 0.1) is 0 Å². The van der Waals surface area contributed by atoms with E-state index in [1.165, 1.54) is 26.4 Å². The molecule has 0 fully saturated rings. The van der Waals surface area contributed by atoms with Crippen molar-refractivity contribution in [2.75, 3.05) is 12.9 Å². The second-order valence-corrected chi connectivity index (χ2v) is 5.54. The molecular weight excluding hydrogens is 262 g/mol. The van der Waals surface area contributed by atoms with Crippen molar-refractivity contribution < 1.29 is 9.53 Å². The number of aromatic nitrogens is 3. The van der Waals surface area contributed by atoms with Crippen LogP contribution in [-0.2, 0) is 22.5 Å². The van der Waals surface area contributed by atoms with Gasteiger partial charge in [-0.2, -0.15) is 0 Å². The number of fused-ring (bicyclic) bond motifs is 1. The van der Waals surface area contributed by atoms with Crippen molar-refractivity contribution in [3.63, 3.8) is 0 Å². The van der Waals surface area contributed by atoms with Crippen LogP contribution in [0.4, 0.5) is 0 Å². The first-order valence-electron chi connectivity index (χ1n) is 6.52. The first-order chi connectivity index (χ1) is 9.22. The van der Waals surface area contributed by atoms with E-state index < -0.39 is 0 Å². The van der Waals surface area contributed by atoms with Gasteiger partial charge in [-0.15, -0.1) is 10.2 Å². The van der Waals surface area contributed by atoms with Crippen LogP contribution in [0.15, 0.2) is 16.8 Å². The molecule has 2 rings (SSSR count). The fraction of sp³-hybridized carbons (Fsp3) is 0.615. The predicted octanol–water partition coefficient (Wildman–Crippen LogP) is 2.22. The van der Waals surface area contributed by atoms with Gasteiger partial charge < -0.3 is 9.30 Å². The molecule has 1 aliphatic rings. The zero-order valence-corrected chi connectivity index (χ0v) is 12.2. The van der Waals surface area contributed by atoms with Crippen molar-refractivity contribution in [1.29, 1.82) is 0 Å². The van der Waals surface area contributed by atoms with Crippen LogP contribution >= 0.6 is 11.8 Å². The van der Waals surface area contributed by atoms with E-state index in [0.29, 0.717) is 11.3 Å². The molecule has 1 aromatic rings. The Kier molecular flexibility index (Phi) is 5.01. The average molecular weight is 281 g/mol. The van der Waals surface area contributed by atoms with E-state index in [0.717, 1.165) is 23.9 Å². The molecular formula is C13H19N3O2S. The summed E-state index contributed by atoms with van der Waals surface area (Å²) in [5.74, 6) is 1.52. The van der Waals surface area contributed by atoms with Crippen molar-refractivity contribution in [2.45, 2.75) is 44.3 Å². The van der Waals surface area contributed by atoms with Crippen LogP contribution in [0.25, 0.3) is 0 Å². The van der Waals surface area contributed by atoms with Crippen molar-refractivity contribution in [1.82, 2.24) is 14.8 Å². The number of aryl methyl sites for hydroxylation is 1. The van der Waals surface area contributed by atoms with E-state index in [4.69, 9.17) is 0 Å². The van der Waals surface area contributed by atoms with Crippen LogP contribution in [0.2, 0.25) is 0 Å². The van der Waals surface area contributed by atoms with Crippen LogP contribution in [-0.4, -0.2) is 33.6 Å². The Balaban J connectivity index is 1.97. The van der Waals surface area contributed by atoms with E-state index in [1.54, 1.807) is 18.7 Å². The molecule has 5 nitrogen and oxygen atoms in total. The number of nitrogens with zero attached hydrogens (tertiary/aromatic N) is 3. The molecule has 0 amide bonds. The molecule has 1 aliphatic heterocycles. The summed E-state index contributed by atoms with van der Waals surface area (Å²) in [6.07, 6.45) is 6.54. The van der Waals surface area contributed by atoms with Crippen molar-refractivity contribution in [3.05, 3.63) is 17.5 Å². The topological polar surface area (TPSA) is 57.0 Å². The predicted molar refractivity (Wildman–Crippen MR) is 74.1 cm³/mol. The first kappa shape index (κ1) is 14.1. The molecule has 0 aromatic carbocycles. The van der Waals surface area contributed by atoms with Crippen LogP contribution in [0.5, 0.6) is 0 Å².